The van der Waals surface area contributed by atoms with E-state index in [2.05, 4.69) is 0 Å². The van der Waals surface area contributed by atoms with E-state index >= 15 is 0 Å². The van der Waals surface area contributed by atoms with Crippen molar-refractivity contribution in [2.75, 3.05) is 17.3 Å². The molecule has 0 N–H and O–H groups in total. The molecule has 0 saturated heterocycles. The molecule has 1 aromatic carbocycles. The average Bonchev–Trinajstić information content (AvgIpc) is 2.29. The summed E-state index contributed by atoms with van der Waals surface area (Å²) in [7, 11) is -2.92. The van der Waals surface area contributed by atoms with Crippen LogP contribution in [0.1, 0.15) is 30.6 Å². The fourth-order valence-electron chi connectivity index (χ4n) is 1.50. The van der Waals surface area contributed by atoms with Crippen molar-refractivity contribution in [1.29, 1.82) is 0 Å². The van der Waals surface area contributed by atoms with Crippen LogP contribution >= 0.6 is 11.8 Å². The second-order valence-electron chi connectivity index (χ2n) is 4.08. The van der Waals surface area contributed by atoms with Gasteiger partial charge in [-0.15, -0.1) is 11.8 Å². The summed E-state index contributed by atoms with van der Waals surface area (Å²) in [5, 5.41) is 0. The first-order valence-electron chi connectivity index (χ1n) is 5.89. The van der Waals surface area contributed by atoms with E-state index in [1.165, 1.54) is 18.7 Å². The van der Waals surface area contributed by atoms with Crippen molar-refractivity contribution in [1.82, 2.24) is 0 Å². The first-order valence-corrected chi connectivity index (χ1v) is 8.69. The number of hydrogen-bond donors (Lipinski definition) is 0. The Morgan fingerprint density at radius 3 is 2.61 bits per heavy atom. The van der Waals surface area contributed by atoms with E-state index in [0.717, 1.165) is 4.90 Å². The topological polar surface area (TPSA) is 51.2 Å². The number of carbonyl (C=O) groups excluding carboxylic acids is 1. The molecule has 0 radical (unpaired) electrons. The Morgan fingerprint density at radius 2 is 2.00 bits per heavy atom. The van der Waals surface area contributed by atoms with Crippen molar-refractivity contribution in [3.05, 3.63) is 29.8 Å². The molecule has 0 aliphatic carbocycles. The fourth-order valence-corrected chi connectivity index (χ4v) is 4.30. The molecule has 100 valence electrons. The molecular weight excluding hydrogens is 268 g/mol. The first kappa shape index (κ1) is 15.2. The van der Waals surface area contributed by atoms with Gasteiger partial charge in [-0.3, -0.25) is 4.79 Å². The molecule has 0 fully saturated rings. The molecule has 5 heteroatoms. The van der Waals surface area contributed by atoms with Crippen LogP contribution < -0.4 is 0 Å². The lowest BCUT2D eigenvalue weighted by molar-refractivity contribution is 0.101. The summed E-state index contributed by atoms with van der Waals surface area (Å²) in [6.07, 6.45) is 0.660. The number of ketones is 1. The van der Waals surface area contributed by atoms with Crippen LogP contribution in [0.5, 0.6) is 0 Å². The lowest BCUT2D eigenvalue weighted by Gasteiger charge is -2.04. The summed E-state index contributed by atoms with van der Waals surface area (Å²) in [5.74, 6) is 0.997. The highest BCUT2D eigenvalue weighted by molar-refractivity contribution is 8.00. The van der Waals surface area contributed by atoms with Gasteiger partial charge in [-0.2, -0.15) is 0 Å². The molecule has 0 saturated carbocycles. The quantitative estimate of drug-likeness (QED) is 0.571. The highest BCUT2D eigenvalue weighted by Crippen LogP contribution is 2.19. The third kappa shape index (κ3) is 5.23. The number of carbonyl (C=O) groups is 1. The first-order chi connectivity index (χ1) is 8.44. The van der Waals surface area contributed by atoms with Gasteiger partial charge in [-0.1, -0.05) is 19.1 Å². The van der Waals surface area contributed by atoms with Crippen molar-refractivity contribution in [2.45, 2.75) is 25.2 Å². The van der Waals surface area contributed by atoms with Crippen LogP contribution in [0.4, 0.5) is 0 Å². The van der Waals surface area contributed by atoms with Gasteiger partial charge >= 0.3 is 0 Å². The second kappa shape index (κ2) is 6.95. The summed E-state index contributed by atoms with van der Waals surface area (Å²) >= 11 is 1.47. The van der Waals surface area contributed by atoms with Gasteiger partial charge in [0, 0.05) is 22.0 Å². The minimum absolute atomic E-state index is 0.0241. The van der Waals surface area contributed by atoms with Crippen LogP contribution in [0.25, 0.3) is 0 Å². The Balaban J connectivity index is 2.54. The zero-order valence-electron chi connectivity index (χ0n) is 10.7. The van der Waals surface area contributed by atoms with E-state index in [-0.39, 0.29) is 17.3 Å². The molecule has 0 aliphatic rings. The number of benzene rings is 1. The van der Waals surface area contributed by atoms with Gasteiger partial charge in [0.15, 0.2) is 15.6 Å². The third-order valence-corrected chi connectivity index (χ3v) is 5.53. The van der Waals surface area contributed by atoms with Crippen LogP contribution in [0.15, 0.2) is 29.2 Å². The van der Waals surface area contributed by atoms with Crippen molar-refractivity contribution < 1.29 is 13.2 Å². The van der Waals surface area contributed by atoms with Gasteiger partial charge in [-0.25, -0.2) is 8.42 Å². The molecule has 0 amide bonds. The summed E-state index contributed by atoms with van der Waals surface area (Å²) in [6.45, 7) is 3.39. The van der Waals surface area contributed by atoms with Crippen molar-refractivity contribution >= 4 is 27.4 Å². The van der Waals surface area contributed by atoms with Crippen LogP contribution in [-0.4, -0.2) is 31.5 Å². The molecule has 1 rings (SSSR count). The Bertz CT molecular complexity index is 507. The van der Waals surface area contributed by atoms with E-state index < -0.39 is 9.84 Å². The maximum absolute atomic E-state index is 11.5. The van der Waals surface area contributed by atoms with Crippen LogP contribution in [0, 0.1) is 0 Å². The van der Waals surface area contributed by atoms with Gasteiger partial charge in [-0.05, 0) is 25.5 Å². The largest absolute Gasteiger partial charge is 0.295 e. The molecule has 0 aliphatic heterocycles. The van der Waals surface area contributed by atoms with Crippen LogP contribution in [-0.2, 0) is 9.84 Å². The summed E-state index contributed by atoms with van der Waals surface area (Å²) in [5.41, 5.74) is 0.663. The average molecular weight is 286 g/mol. The summed E-state index contributed by atoms with van der Waals surface area (Å²) < 4.78 is 23.1. The summed E-state index contributed by atoms with van der Waals surface area (Å²) in [6, 6.07) is 7.28. The van der Waals surface area contributed by atoms with Gasteiger partial charge < -0.3 is 0 Å². The Labute approximate surface area is 113 Å². The lowest BCUT2D eigenvalue weighted by atomic mass is 10.2. The molecule has 0 unspecified atom stereocenters. The number of rotatable bonds is 7. The predicted molar refractivity (Wildman–Crippen MR) is 76.1 cm³/mol. The standard InChI is InChI=1S/C13H18O3S2/c1-3-8-18(15,16)9-7-17-13-6-4-5-12(10-13)11(2)14/h4-6,10H,3,7-9H2,1-2H3. The van der Waals surface area contributed by atoms with Crippen molar-refractivity contribution in [3.63, 3.8) is 0 Å². The Morgan fingerprint density at radius 1 is 1.28 bits per heavy atom. The molecule has 18 heavy (non-hydrogen) atoms. The SMILES string of the molecule is CCCS(=O)(=O)CCSc1cccc(C(C)=O)c1. The normalized spacial score (nSPS) is 11.4. The van der Waals surface area contributed by atoms with Crippen molar-refractivity contribution in [3.8, 4) is 0 Å². The molecule has 3 nitrogen and oxygen atoms in total. The lowest BCUT2D eigenvalue weighted by Crippen LogP contribution is -2.12. The monoisotopic (exact) mass is 286 g/mol. The Hall–Kier alpha value is -0.810. The van der Waals surface area contributed by atoms with Gasteiger partial charge in [0.05, 0.1) is 5.75 Å². The van der Waals surface area contributed by atoms with E-state index in [9.17, 15) is 13.2 Å². The van der Waals surface area contributed by atoms with E-state index in [0.29, 0.717) is 17.7 Å². The smallest absolute Gasteiger partial charge is 0.159 e. The molecule has 0 heterocycles. The predicted octanol–water partition coefficient (Wildman–Crippen LogP) is 2.81. The zero-order valence-corrected chi connectivity index (χ0v) is 12.3. The van der Waals surface area contributed by atoms with E-state index in [4.69, 9.17) is 0 Å². The highest BCUT2D eigenvalue weighted by Gasteiger charge is 2.09. The molecule has 0 atom stereocenters. The molecule has 1 aromatic rings. The minimum Gasteiger partial charge on any atom is -0.295 e. The zero-order chi connectivity index (χ0) is 13.6. The van der Waals surface area contributed by atoms with Crippen molar-refractivity contribution in [2.24, 2.45) is 0 Å². The van der Waals surface area contributed by atoms with Crippen LogP contribution in [0.3, 0.4) is 0 Å². The highest BCUT2D eigenvalue weighted by atomic mass is 32.2. The fraction of sp³-hybridized carbons (Fsp3) is 0.462. The maximum Gasteiger partial charge on any atom is 0.159 e. The molecule has 0 spiro atoms. The second-order valence-corrected chi connectivity index (χ2v) is 7.56. The van der Waals surface area contributed by atoms with E-state index in [1.807, 2.05) is 19.1 Å². The Kier molecular flexibility index (Phi) is 5.88. The van der Waals surface area contributed by atoms with Gasteiger partial charge in [0.25, 0.3) is 0 Å². The summed E-state index contributed by atoms with van der Waals surface area (Å²) in [4.78, 5) is 12.1. The minimum atomic E-state index is -2.92. The number of thioether (sulfide) groups is 1. The molecular formula is C13H18O3S2. The number of sulfone groups is 1. The van der Waals surface area contributed by atoms with Gasteiger partial charge in [0.1, 0.15) is 0 Å². The maximum atomic E-state index is 11.5. The third-order valence-electron chi connectivity index (χ3n) is 2.42. The number of hydrogen-bond acceptors (Lipinski definition) is 4. The molecule has 0 bridgehead atoms. The molecule has 0 aromatic heterocycles. The number of Topliss-reactive ketones (excluding diaryl/α,β-unsaturated/α-hetero) is 1. The van der Waals surface area contributed by atoms with Gasteiger partial charge in [0.2, 0.25) is 0 Å². The van der Waals surface area contributed by atoms with Crippen LogP contribution in [0.2, 0.25) is 0 Å². The van der Waals surface area contributed by atoms with E-state index in [1.54, 1.807) is 12.1 Å².